The van der Waals surface area contributed by atoms with Crippen molar-refractivity contribution < 1.29 is 8.94 Å². The van der Waals surface area contributed by atoms with E-state index in [2.05, 4.69) is 29.3 Å². The molecule has 1 N–H and O–H groups in total. The Morgan fingerprint density at radius 1 is 1.39 bits per heavy atom. The minimum Gasteiger partial charge on any atom is -0.461 e. The summed E-state index contributed by atoms with van der Waals surface area (Å²) in [6.45, 7) is 4.40. The van der Waals surface area contributed by atoms with Gasteiger partial charge in [-0.15, -0.1) is 0 Å². The van der Waals surface area contributed by atoms with Crippen LogP contribution in [0.5, 0.6) is 0 Å². The molecule has 2 rings (SSSR count). The second-order valence-corrected chi connectivity index (χ2v) is 4.81. The van der Waals surface area contributed by atoms with Gasteiger partial charge in [0.15, 0.2) is 5.76 Å². The Labute approximate surface area is 107 Å². The molecule has 0 aliphatic rings. The summed E-state index contributed by atoms with van der Waals surface area (Å²) in [6.07, 6.45) is 3.41. The first-order valence-corrected chi connectivity index (χ1v) is 6.22. The van der Waals surface area contributed by atoms with Crippen molar-refractivity contribution in [3.63, 3.8) is 0 Å². The van der Waals surface area contributed by atoms with E-state index in [0.717, 1.165) is 12.8 Å². The summed E-state index contributed by atoms with van der Waals surface area (Å²) < 4.78 is 10.5. The fourth-order valence-corrected chi connectivity index (χ4v) is 1.93. The standard InChI is InChI=1S/C13H19N3O2/c1-9(2)7-10(14-3)8-12-15-13(16-18-12)11-5-4-6-17-11/h4-6,9-10,14H,7-8H2,1-3H3. The molecular formula is C13H19N3O2. The fraction of sp³-hybridized carbons (Fsp3) is 0.538. The van der Waals surface area contributed by atoms with Gasteiger partial charge in [0.2, 0.25) is 11.7 Å². The monoisotopic (exact) mass is 249 g/mol. The quantitative estimate of drug-likeness (QED) is 0.852. The summed E-state index contributed by atoms with van der Waals surface area (Å²) >= 11 is 0. The zero-order valence-corrected chi connectivity index (χ0v) is 11.0. The Morgan fingerprint density at radius 3 is 2.83 bits per heavy atom. The maximum Gasteiger partial charge on any atom is 0.238 e. The highest BCUT2D eigenvalue weighted by Crippen LogP contribution is 2.17. The summed E-state index contributed by atoms with van der Waals surface area (Å²) in [7, 11) is 1.96. The van der Waals surface area contributed by atoms with Crippen LogP contribution < -0.4 is 5.32 Å². The third-order valence-corrected chi connectivity index (χ3v) is 2.79. The van der Waals surface area contributed by atoms with Gasteiger partial charge >= 0.3 is 0 Å². The fourth-order valence-electron chi connectivity index (χ4n) is 1.93. The van der Waals surface area contributed by atoms with Gasteiger partial charge in [-0.25, -0.2) is 0 Å². The molecule has 1 atom stereocenters. The van der Waals surface area contributed by atoms with Gasteiger partial charge in [-0.1, -0.05) is 19.0 Å². The van der Waals surface area contributed by atoms with Gasteiger partial charge < -0.3 is 14.3 Å². The highest BCUT2D eigenvalue weighted by Gasteiger charge is 2.16. The van der Waals surface area contributed by atoms with Crippen LogP contribution in [0.25, 0.3) is 11.6 Å². The second-order valence-electron chi connectivity index (χ2n) is 4.81. The molecule has 0 aliphatic carbocycles. The van der Waals surface area contributed by atoms with Crippen LogP contribution in [-0.2, 0) is 6.42 Å². The molecule has 0 spiro atoms. The van der Waals surface area contributed by atoms with Crippen LogP contribution in [0.1, 0.15) is 26.2 Å². The molecule has 0 aliphatic heterocycles. The van der Waals surface area contributed by atoms with Crippen LogP contribution in [0, 0.1) is 5.92 Å². The van der Waals surface area contributed by atoms with Crippen molar-refractivity contribution in [3.8, 4) is 11.6 Å². The van der Waals surface area contributed by atoms with Crippen molar-refractivity contribution in [1.29, 1.82) is 0 Å². The van der Waals surface area contributed by atoms with E-state index in [1.807, 2.05) is 13.1 Å². The zero-order chi connectivity index (χ0) is 13.0. The van der Waals surface area contributed by atoms with E-state index in [1.54, 1.807) is 12.3 Å². The van der Waals surface area contributed by atoms with Crippen molar-refractivity contribution in [2.24, 2.45) is 5.92 Å². The van der Waals surface area contributed by atoms with Crippen LogP contribution in [-0.4, -0.2) is 23.2 Å². The molecule has 5 nitrogen and oxygen atoms in total. The van der Waals surface area contributed by atoms with Crippen LogP contribution in [0.3, 0.4) is 0 Å². The predicted octanol–water partition coefficient (Wildman–Crippen LogP) is 2.51. The number of hydrogen-bond acceptors (Lipinski definition) is 5. The smallest absolute Gasteiger partial charge is 0.238 e. The molecule has 5 heteroatoms. The van der Waals surface area contributed by atoms with Crippen LogP contribution >= 0.6 is 0 Å². The molecule has 2 aromatic rings. The molecule has 0 bridgehead atoms. The molecule has 2 aromatic heterocycles. The minimum absolute atomic E-state index is 0.356. The molecule has 98 valence electrons. The lowest BCUT2D eigenvalue weighted by Crippen LogP contribution is -2.29. The molecule has 0 aromatic carbocycles. The van der Waals surface area contributed by atoms with E-state index in [0.29, 0.717) is 29.4 Å². The number of rotatable bonds is 6. The summed E-state index contributed by atoms with van der Waals surface area (Å²) in [5.74, 6) is 2.42. The molecule has 2 heterocycles. The molecular weight excluding hydrogens is 230 g/mol. The lowest BCUT2D eigenvalue weighted by Gasteiger charge is -2.15. The molecule has 18 heavy (non-hydrogen) atoms. The van der Waals surface area contributed by atoms with E-state index in [9.17, 15) is 0 Å². The number of furan rings is 1. The number of aromatic nitrogens is 2. The highest BCUT2D eigenvalue weighted by molar-refractivity contribution is 5.44. The topological polar surface area (TPSA) is 64.1 Å². The van der Waals surface area contributed by atoms with Crippen molar-refractivity contribution in [3.05, 3.63) is 24.3 Å². The minimum atomic E-state index is 0.356. The van der Waals surface area contributed by atoms with E-state index < -0.39 is 0 Å². The summed E-state index contributed by atoms with van der Waals surface area (Å²) in [5, 5.41) is 7.19. The largest absolute Gasteiger partial charge is 0.461 e. The third-order valence-electron chi connectivity index (χ3n) is 2.79. The van der Waals surface area contributed by atoms with Gasteiger partial charge in [-0.2, -0.15) is 4.98 Å². The average Bonchev–Trinajstić information content (AvgIpc) is 2.97. The maximum absolute atomic E-state index is 5.24. The maximum atomic E-state index is 5.24. The number of nitrogens with zero attached hydrogens (tertiary/aromatic N) is 2. The third kappa shape index (κ3) is 3.20. The summed E-state index contributed by atoms with van der Waals surface area (Å²) in [5.41, 5.74) is 0. The first-order chi connectivity index (χ1) is 8.69. The lowest BCUT2D eigenvalue weighted by molar-refractivity contribution is 0.345. The molecule has 0 radical (unpaired) electrons. The van der Waals surface area contributed by atoms with Crippen molar-refractivity contribution in [2.45, 2.75) is 32.7 Å². The Bertz CT molecular complexity index is 462. The van der Waals surface area contributed by atoms with Crippen LogP contribution in [0.15, 0.2) is 27.3 Å². The molecule has 0 amide bonds. The van der Waals surface area contributed by atoms with Gasteiger partial charge in [0.1, 0.15) is 0 Å². The van der Waals surface area contributed by atoms with Crippen LogP contribution in [0.4, 0.5) is 0 Å². The summed E-state index contributed by atoms with van der Waals surface area (Å²) in [4.78, 5) is 4.34. The molecule has 1 unspecified atom stereocenters. The number of hydrogen-bond donors (Lipinski definition) is 1. The van der Waals surface area contributed by atoms with Gasteiger partial charge in [0.25, 0.3) is 0 Å². The second kappa shape index (κ2) is 5.82. The van der Waals surface area contributed by atoms with Gasteiger partial charge in [0, 0.05) is 12.5 Å². The lowest BCUT2D eigenvalue weighted by atomic mass is 10.0. The molecule has 0 saturated heterocycles. The Morgan fingerprint density at radius 2 is 2.22 bits per heavy atom. The van der Waals surface area contributed by atoms with Crippen LogP contribution in [0.2, 0.25) is 0 Å². The first kappa shape index (κ1) is 12.8. The van der Waals surface area contributed by atoms with Gasteiger partial charge in [0.05, 0.1) is 6.26 Å². The van der Waals surface area contributed by atoms with E-state index >= 15 is 0 Å². The highest BCUT2D eigenvalue weighted by atomic mass is 16.5. The zero-order valence-electron chi connectivity index (χ0n) is 11.0. The number of likely N-dealkylation sites (N-methyl/N-ethyl adjacent to an activating group) is 1. The average molecular weight is 249 g/mol. The number of nitrogens with one attached hydrogen (secondary N) is 1. The summed E-state index contributed by atoms with van der Waals surface area (Å²) in [6, 6.07) is 3.98. The Hall–Kier alpha value is -1.62. The molecule has 0 saturated carbocycles. The Kier molecular flexibility index (Phi) is 4.15. The van der Waals surface area contributed by atoms with Gasteiger partial charge in [-0.05, 0) is 31.5 Å². The van der Waals surface area contributed by atoms with E-state index in [1.165, 1.54) is 0 Å². The molecule has 0 fully saturated rings. The van der Waals surface area contributed by atoms with E-state index in [4.69, 9.17) is 8.94 Å². The SMILES string of the molecule is CNC(Cc1nc(-c2ccco2)no1)CC(C)C. The van der Waals surface area contributed by atoms with E-state index in [-0.39, 0.29) is 0 Å². The predicted molar refractivity (Wildman–Crippen MR) is 68.0 cm³/mol. The first-order valence-electron chi connectivity index (χ1n) is 6.22. The van der Waals surface area contributed by atoms with Crippen molar-refractivity contribution in [1.82, 2.24) is 15.5 Å². The van der Waals surface area contributed by atoms with Crippen molar-refractivity contribution >= 4 is 0 Å². The Balaban J connectivity index is 2.01. The normalized spacial score (nSPS) is 13.1. The van der Waals surface area contributed by atoms with Crippen molar-refractivity contribution in [2.75, 3.05) is 7.05 Å². The van der Waals surface area contributed by atoms with Gasteiger partial charge in [-0.3, -0.25) is 0 Å².